The number of phenols is 1. The molecule has 0 aromatic heterocycles. The number of rotatable bonds is 1. The highest BCUT2D eigenvalue weighted by Crippen LogP contribution is 2.41. The zero-order valence-electron chi connectivity index (χ0n) is 10.8. The van der Waals surface area contributed by atoms with Crippen LogP contribution < -0.4 is 4.90 Å². The van der Waals surface area contributed by atoms with Crippen LogP contribution in [0, 0.1) is 6.92 Å². The quantitative estimate of drug-likeness (QED) is 0.820. The molecule has 92 valence electrons. The molecule has 1 N–H and O–H groups in total. The summed E-state index contributed by atoms with van der Waals surface area (Å²) in [6.07, 6.45) is 0. The van der Waals surface area contributed by atoms with Gasteiger partial charge in [0.15, 0.2) is 0 Å². The molecule has 3 rings (SSSR count). The Hall–Kier alpha value is -1.96. The highest BCUT2D eigenvalue weighted by Gasteiger charge is 2.22. The van der Waals surface area contributed by atoms with Gasteiger partial charge in [-0.3, -0.25) is 0 Å². The summed E-state index contributed by atoms with van der Waals surface area (Å²) in [5.74, 6) is 0.348. The molecule has 0 saturated carbocycles. The average Bonchev–Trinajstić information content (AvgIpc) is 2.37. The molecule has 2 nitrogen and oxygen atoms in total. The van der Waals surface area contributed by atoms with Gasteiger partial charge in [-0.25, -0.2) is 0 Å². The van der Waals surface area contributed by atoms with E-state index in [1.165, 1.54) is 27.9 Å². The number of benzene rings is 2. The highest BCUT2D eigenvalue weighted by atomic mass is 16.3. The molecule has 18 heavy (non-hydrogen) atoms. The topological polar surface area (TPSA) is 23.5 Å². The Balaban J connectivity index is 2.28. The maximum atomic E-state index is 9.63. The smallest absolute Gasteiger partial charge is 0.115 e. The van der Waals surface area contributed by atoms with Crippen molar-refractivity contribution < 1.29 is 5.11 Å². The Labute approximate surface area is 107 Å². The number of para-hydroxylation sites is 1. The minimum Gasteiger partial charge on any atom is -0.508 e. The molecule has 0 unspecified atom stereocenters. The third-order valence-corrected chi connectivity index (χ3v) is 3.68. The molecular weight excluding hydrogens is 222 g/mol. The highest BCUT2D eigenvalue weighted by molar-refractivity contribution is 5.85. The van der Waals surface area contributed by atoms with Crippen molar-refractivity contribution in [3.05, 3.63) is 47.5 Å². The summed E-state index contributed by atoms with van der Waals surface area (Å²) in [7, 11) is 0. The lowest BCUT2D eigenvalue weighted by Gasteiger charge is -2.33. The Morgan fingerprint density at radius 2 is 2.00 bits per heavy atom. The van der Waals surface area contributed by atoms with Crippen LogP contribution in [0.1, 0.15) is 18.1 Å². The SMILES string of the molecule is CCN1Cc2cc(O)ccc2-c2cccc(C)c21. The number of aromatic hydroxyl groups is 1. The van der Waals surface area contributed by atoms with Crippen molar-refractivity contribution in [2.75, 3.05) is 11.4 Å². The number of nitrogens with zero attached hydrogens (tertiary/aromatic N) is 1. The number of aryl methyl sites for hydroxylation is 1. The molecule has 2 aromatic rings. The number of anilines is 1. The summed E-state index contributed by atoms with van der Waals surface area (Å²) < 4.78 is 0. The molecule has 2 aromatic carbocycles. The van der Waals surface area contributed by atoms with Gasteiger partial charge in [0.1, 0.15) is 5.75 Å². The van der Waals surface area contributed by atoms with Crippen LogP contribution >= 0.6 is 0 Å². The van der Waals surface area contributed by atoms with Crippen LogP contribution in [0.3, 0.4) is 0 Å². The molecule has 1 heterocycles. The van der Waals surface area contributed by atoms with Gasteiger partial charge in [0.05, 0.1) is 0 Å². The van der Waals surface area contributed by atoms with E-state index in [-0.39, 0.29) is 0 Å². The van der Waals surface area contributed by atoms with Gasteiger partial charge in [-0.15, -0.1) is 0 Å². The fourth-order valence-corrected chi connectivity index (χ4v) is 2.82. The fourth-order valence-electron chi connectivity index (χ4n) is 2.82. The zero-order valence-corrected chi connectivity index (χ0v) is 10.8. The van der Waals surface area contributed by atoms with Crippen molar-refractivity contribution in [2.45, 2.75) is 20.4 Å². The monoisotopic (exact) mass is 239 g/mol. The second kappa shape index (κ2) is 4.05. The molecule has 0 aliphatic carbocycles. The summed E-state index contributed by atoms with van der Waals surface area (Å²) in [5.41, 5.74) is 6.37. The third kappa shape index (κ3) is 1.57. The van der Waals surface area contributed by atoms with E-state index in [0.717, 1.165) is 13.1 Å². The number of hydrogen-bond acceptors (Lipinski definition) is 2. The normalized spacial score (nSPS) is 13.1. The van der Waals surface area contributed by atoms with Crippen molar-refractivity contribution in [1.29, 1.82) is 0 Å². The maximum Gasteiger partial charge on any atom is 0.115 e. The van der Waals surface area contributed by atoms with Crippen molar-refractivity contribution >= 4 is 5.69 Å². The summed E-state index contributed by atoms with van der Waals surface area (Å²) in [4.78, 5) is 2.37. The predicted molar refractivity (Wildman–Crippen MR) is 75.0 cm³/mol. The number of fused-ring (bicyclic) bond motifs is 3. The van der Waals surface area contributed by atoms with E-state index in [0.29, 0.717) is 5.75 Å². The largest absolute Gasteiger partial charge is 0.508 e. The van der Waals surface area contributed by atoms with Crippen LogP contribution in [0.5, 0.6) is 5.75 Å². The molecule has 0 fully saturated rings. The Kier molecular flexibility index (Phi) is 2.51. The Bertz CT molecular complexity index is 604. The summed E-state index contributed by atoms with van der Waals surface area (Å²) in [6, 6.07) is 12.1. The molecule has 1 aliphatic rings. The predicted octanol–water partition coefficient (Wildman–Crippen LogP) is 3.71. The van der Waals surface area contributed by atoms with Crippen LogP contribution in [0.2, 0.25) is 0 Å². The molecular formula is C16H17NO. The van der Waals surface area contributed by atoms with E-state index in [2.05, 4.69) is 36.9 Å². The molecule has 1 aliphatic heterocycles. The van der Waals surface area contributed by atoms with Crippen molar-refractivity contribution in [3.63, 3.8) is 0 Å². The van der Waals surface area contributed by atoms with Gasteiger partial charge in [-0.05, 0) is 42.7 Å². The first-order chi connectivity index (χ1) is 8.70. The van der Waals surface area contributed by atoms with Gasteiger partial charge in [0, 0.05) is 24.3 Å². The first kappa shape index (κ1) is 11.1. The number of hydrogen-bond donors (Lipinski definition) is 1. The first-order valence-electron chi connectivity index (χ1n) is 6.37. The van der Waals surface area contributed by atoms with Crippen LogP contribution in [0.15, 0.2) is 36.4 Å². The first-order valence-corrected chi connectivity index (χ1v) is 6.37. The van der Waals surface area contributed by atoms with E-state index in [1.807, 2.05) is 12.1 Å². The van der Waals surface area contributed by atoms with E-state index >= 15 is 0 Å². The number of phenolic OH excluding ortho intramolecular Hbond substituents is 1. The van der Waals surface area contributed by atoms with Crippen LogP contribution in [0.25, 0.3) is 11.1 Å². The van der Waals surface area contributed by atoms with Gasteiger partial charge >= 0.3 is 0 Å². The lowest BCUT2D eigenvalue weighted by atomic mass is 9.91. The van der Waals surface area contributed by atoms with Gasteiger partial charge < -0.3 is 10.0 Å². The molecule has 0 radical (unpaired) electrons. The zero-order chi connectivity index (χ0) is 12.7. The van der Waals surface area contributed by atoms with Crippen molar-refractivity contribution in [2.24, 2.45) is 0 Å². The second-order valence-electron chi connectivity index (χ2n) is 4.83. The van der Waals surface area contributed by atoms with Gasteiger partial charge in [0.25, 0.3) is 0 Å². The van der Waals surface area contributed by atoms with Crippen LogP contribution in [-0.4, -0.2) is 11.7 Å². The minimum absolute atomic E-state index is 0.348. The summed E-state index contributed by atoms with van der Waals surface area (Å²) >= 11 is 0. The van der Waals surface area contributed by atoms with E-state index in [4.69, 9.17) is 0 Å². The van der Waals surface area contributed by atoms with Gasteiger partial charge in [-0.2, -0.15) is 0 Å². The molecule has 2 heteroatoms. The Morgan fingerprint density at radius 1 is 1.17 bits per heavy atom. The maximum absolute atomic E-state index is 9.63. The van der Waals surface area contributed by atoms with E-state index in [1.54, 1.807) is 6.07 Å². The second-order valence-corrected chi connectivity index (χ2v) is 4.83. The van der Waals surface area contributed by atoms with E-state index in [9.17, 15) is 5.11 Å². The Morgan fingerprint density at radius 3 is 2.78 bits per heavy atom. The van der Waals surface area contributed by atoms with Crippen molar-refractivity contribution in [3.8, 4) is 16.9 Å². The average molecular weight is 239 g/mol. The molecule has 0 spiro atoms. The third-order valence-electron chi connectivity index (χ3n) is 3.68. The summed E-state index contributed by atoms with van der Waals surface area (Å²) in [6.45, 7) is 6.18. The van der Waals surface area contributed by atoms with Crippen LogP contribution in [-0.2, 0) is 6.54 Å². The minimum atomic E-state index is 0.348. The van der Waals surface area contributed by atoms with E-state index < -0.39 is 0 Å². The summed E-state index contributed by atoms with van der Waals surface area (Å²) in [5, 5.41) is 9.63. The van der Waals surface area contributed by atoms with Crippen LogP contribution in [0.4, 0.5) is 5.69 Å². The van der Waals surface area contributed by atoms with Gasteiger partial charge in [-0.1, -0.05) is 24.3 Å². The lowest BCUT2D eigenvalue weighted by Crippen LogP contribution is -2.26. The van der Waals surface area contributed by atoms with Gasteiger partial charge in [0.2, 0.25) is 0 Å². The molecule has 0 atom stereocenters. The lowest BCUT2D eigenvalue weighted by molar-refractivity contribution is 0.474. The fraction of sp³-hybridized carbons (Fsp3) is 0.250. The standard InChI is InChI=1S/C16H17NO/c1-3-17-10-12-9-13(18)7-8-14(12)15-6-4-5-11(2)16(15)17/h4-9,18H,3,10H2,1-2H3. The molecule has 0 saturated heterocycles. The molecule has 0 amide bonds. The molecule has 0 bridgehead atoms. The van der Waals surface area contributed by atoms with Crippen molar-refractivity contribution in [1.82, 2.24) is 0 Å².